The van der Waals surface area contributed by atoms with Gasteiger partial charge in [-0.15, -0.1) is 0 Å². The summed E-state index contributed by atoms with van der Waals surface area (Å²) in [6, 6.07) is 17.4. The number of anilines is 1. The molecule has 4 heteroatoms. The molecule has 0 radical (unpaired) electrons. The number of thiocarbonyl (C=S) groups is 1. The van der Waals surface area contributed by atoms with Crippen LogP contribution in [-0.4, -0.2) is 29.1 Å². The molecule has 2 aromatic rings. The van der Waals surface area contributed by atoms with Crippen LogP contribution in [0.15, 0.2) is 48.5 Å². The van der Waals surface area contributed by atoms with Gasteiger partial charge in [0.2, 0.25) is 0 Å². The molecule has 0 aromatic heterocycles. The third kappa shape index (κ3) is 4.13. The van der Waals surface area contributed by atoms with E-state index in [1.54, 1.807) is 0 Å². The van der Waals surface area contributed by atoms with E-state index in [0.29, 0.717) is 11.2 Å². The van der Waals surface area contributed by atoms with Crippen molar-refractivity contribution in [1.82, 2.24) is 10.2 Å². The first kappa shape index (κ1) is 16.9. The zero-order valence-corrected chi connectivity index (χ0v) is 15.2. The van der Waals surface area contributed by atoms with Gasteiger partial charge in [0.15, 0.2) is 5.11 Å². The Kier molecular flexibility index (Phi) is 5.48. The summed E-state index contributed by atoms with van der Waals surface area (Å²) < 4.78 is 0. The summed E-state index contributed by atoms with van der Waals surface area (Å²) in [5.74, 6) is 0. The highest BCUT2D eigenvalue weighted by molar-refractivity contribution is 7.80. The number of nitrogens with zero attached hydrogens (tertiary/aromatic N) is 1. The van der Waals surface area contributed by atoms with Crippen LogP contribution < -0.4 is 10.6 Å². The van der Waals surface area contributed by atoms with Crippen LogP contribution in [0.1, 0.15) is 23.6 Å². The van der Waals surface area contributed by atoms with Gasteiger partial charge in [-0.2, -0.15) is 0 Å². The largest absolute Gasteiger partial charge is 0.361 e. The lowest BCUT2D eigenvalue weighted by molar-refractivity contribution is 0.191. The number of para-hydroxylation sites is 1. The van der Waals surface area contributed by atoms with Gasteiger partial charge in [0.25, 0.3) is 0 Å². The molecule has 0 saturated heterocycles. The fourth-order valence-corrected chi connectivity index (χ4v) is 3.34. The Morgan fingerprint density at radius 2 is 1.83 bits per heavy atom. The number of benzene rings is 2. The Balaban J connectivity index is 1.50. The molecule has 126 valence electrons. The van der Waals surface area contributed by atoms with Gasteiger partial charge in [0.05, 0.1) is 0 Å². The molecule has 1 atom stereocenters. The van der Waals surface area contributed by atoms with E-state index >= 15 is 0 Å². The molecule has 0 spiro atoms. The smallest absolute Gasteiger partial charge is 0.170 e. The molecule has 1 aliphatic heterocycles. The first-order valence-electron chi connectivity index (χ1n) is 8.55. The van der Waals surface area contributed by atoms with Crippen LogP contribution in [0.25, 0.3) is 0 Å². The molecular formula is C20H25N3S. The zero-order valence-electron chi connectivity index (χ0n) is 14.4. The number of fused-ring (bicyclic) bond motifs is 1. The van der Waals surface area contributed by atoms with Gasteiger partial charge >= 0.3 is 0 Å². The van der Waals surface area contributed by atoms with Crippen molar-refractivity contribution in [1.29, 1.82) is 0 Å². The molecule has 1 heterocycles. The first-order valence-corrected chi connectivity index (χ1v) is 8.95. The minimum atomic E-state index is 0.440. The maximum absolute atomic E-state index is 5.44. The summed E-state index contributed by atoms with van der Waals surface area (Å²) in [6.07, 6.45) is 1.13. The fraction of sp³-hybridized carbons (Fsp3) is 0.350. The fourth-order valence-electron chi connectivity index (χ4n) is 3.14. The SMILES string of the molecule is Cc1ccccc1NC(=S)NCC(C)N1CCc2ccccc2C1. The van der Waals surface area contributed by atoms with Gasteiger partial charge in [-0.3, -0.25) is 4.90 Å². The third-order valence-electron chi connectivity index (χ3n) is 4.73. The Bertz CT molecular complexity index is 714. The van der Waals surface area contributed by atoms with Crippen LogP contribution in [0.2, 0.25) is 0 Å². The van der Waals surface area contributed by atoms with E-state index in [2.05, 4.69) is 59.7 Å². The van der Waals surface area contributed by atoms with Gasteiger partial charge in [-0.05, 0) is 55.2 Å². The van der Waals surface area contributed by atoms with E-state index in [1.165, 1.54) is 16.7 Å². The van der Waals surface area contributed by atoms with Gasteiger partial charge in [-0.25, -0.2) is 0 Å². The number of hydrogen-bond acceptors (Lipinski definition) is 2. The zero-order chi connectivity index (χ0) is 16.9. The average molecular weight is 340 g/mol. The average Bonchev–Trinajstić information content (AvgIpc) is 2.61. The molecular weight excluding hydrogens is 314 g/mol. The van der Waals surface area contributed by atoms with E-state index in [-0.39, 0.29) is 0 Å². The minimum absolute atomic E-state index is 0.440. The predicted octanol–water partition coefficient (Wildman–Crippen LogP) is 3.73. The van der Waals surface area contributed by atoms with Gasteiger partial charge in [0.1, 0.15) is 0 Å². The quantitative estimate of drug-likeness (QED) is 0.830. The van der Waals surface area contributed by atoms with Crippen molar-refractivity contribution in [3.8, 4) is 0 Å². The van der Waals surface area contributed by atoms with E-state index in [4.69, 9.17) is 12.2 Å². The van der Waals surface area contributed by atoms with Crippen molar-refractivity contribution in [3.63, 3.8) is 0 Å². The molecule has 3 rings (SSSR count). The number of nitrogens with one attached hydrogen (secondary N) is 2. The highest BCUT2D eigenvalue weighted by Gasteiger charge is 2.20. The topological polar surface area (TPSA) is 27.3 Å². The highest BCUT2D eigenvalue weighted by atomic mass is 32.1. The van der Waals surface area contributed by atoms with Crippen molar-refractivity contribution in [3.05, 3.63) is 65.2 Å². The molecule has 0 aliphatic carbocycles. The van der Waals surface area contributed by atoms with Crippen LogP contribution in [-0.2, 0) is 13.0 Å². The second-order valence-electron chi connectivity index (χ2n) is 6.49. The maximum Gasteiger partial charge on any atom is 0.170 e. The van der Waals surface area contributed by atoms with Crippen molar-refractivity contribution >= 4 is 23.0 Å². The summed E-state index contributed by atoms with van der Waals surface area (Å²) in [5, 5.41) is 7.33. The van der Waals surface area contributed by atoms with E-state index < -0.39 is 0 Å². The Labute approximate surface area is 150 Å². The molecule has 0 amide bonds. The second kappa shape index (κ2) is 7.77. The first-order chi connectivity index (χ1) is 11.6. The lowest BCUT2D eigenvalue weighted by Crippen LogP contribution is -2.45. The molecule has 1 unspecified atom stereocenters. The molecule has 2 N–H and O–H groups in total. The summed E-state index contributed by atoms with van der Waals surface area (Å²) in [6.45, 7) is 7.32. The highest BCUT2D eigenvalue weighted by Crippen LogP contribution is 2.20. The summed E-state index contributed by atoms with van der Waals surface area (Å²) in [7, 11) is 0. The predicted molar refractivity (Wildman–Crippen MR) is 105 cm³/mol. The normalized spacial score (nSPS) is 15.4. The standard InChI is InChI=1S/C20H25N3S/c1-15-7-3-6-10-19(15)22-20(24)21-13-16(2)23-12-11-17-8-4-5-9-18(17)14-23/h3-10,16H,11-14H2,1-2H3,(H2,21,22,24). The number of rotatable bonds is 4. The van der Waals surface area contributed by atoms with E-state index in [9.17, 15) is 0 Å². The molecule has 0 bridgehead atoms. The lowest BCUT2D eigenvalue weighted by Gasteiger charge is -2.34. The Morgan fingerprint density at radius 3 is 2.62 bits per heavy atom. The van der Waals surface area contributed by atoms with Crippen molar-refractivity contribution in [2.75, 3.05) is 18.4 Å². The van der Waals surface area contributed by atoms with Crippen LogP contribution >= 0.6 is 12.2 Å². The second-order valence-corrected chi connectivity index (χ2v) is 6.90. The van der Waals surface area contributed by atoms with Crippen LogP contribution in [0.5, 0.6) is 0 Å². The van der Waals surface area contributed by atoms with Crippen molar-refractivity contribution in [2.24, 2.45) is 0 Å². The van der Waals surface area contributed by atoms with Gasteiger partial charge in [0, 0.05) is 31.4 Å². The number of hydrogen-bond donors (Lipinski definition) is 2. The van der Waals surface area contributed by atoms with Crippen LogP contribution in [0, 0.1) is 6.92 Å². The Hall–Kier alpha value is -1.91. The lowest BCUT2D eigenvalue weighted by atomic mass is 9.99. The van der Waals surface area contributed by atoms with Crippen LogP contribution in [0.4, 0.5) is 5.69 Å². The summed E-state index contributed by atoms with van der Waals surface area (Å²) in [5.41, 5.74) is 5.21. The molecule has 0 saturated carbocycles. The van der Waals surface area contributed by atoms with E-state index in [0.717, 1.165) is 31.7 Å². The maximum atomic E-state index is 5.44. The van der Waals surface area contributed by atoms with E-state index in [1.807, 2.05) is 18.2 Å². The molecule has 3 nitrogen and oxygen atoms in total. The molecule has 2 aromatic carbocycles. The Morgan fingerprint density at radius 1 is 1.12 bits per heavy atom. The van der Waals surface area contributed by atoms with Gasteiger partial charge in [-0.1, -0.05) is 42.5 Å². The van der Waals surface area contributed by atoms with Gasteiger partial charge < -0.3 is 10.6 Å². The van der Waals surface area contributed by atoms with Crippen molar-refractivity contribution < 1.29 is 0 Å². The monoisotopic (exact) mass is 339 g/mol. The molecule has 0 fully saturated rings. The summed E-state index contributed by atoms with van der Waals surface area (Å²) >= 11 is 5.44. The molecule has 1 aliphatic rings. The minimum Gasteiger partial charge on any atom is -0.361 e. The summed E-state index contributed by atoms with van der Waals surface area (Å²) in [4.78, 5) is 2.52. The number of aryl methyl sites for hydroxylation is 1. The van der Waals surface area contributed by atoms with Crippen LogP contribution in [0.3, 0.4) is 0 Å². The molecule has 24 heavy (non-hydrogen) atoms. The van der Waals surface area contributed by atoms with Crippen molar-refractivity contribution in [2.45, 2.75) is 32.9 Å². The third-order valence-corrected chi connectivity index (χ3v) is 4.98.